The lowest BCUT2D eigenvalue weighted by molar-refractivity contribution is -0.145. The molecule has 166 valence electrons. The Morgan fingerprint density at radius 2 is 2.00 bits per heavy atom. The van der Waals surface area contributed by atoms with Crippen molar-refractivity contribution in [3.8, 4) is 0 Å². The lowest BCUT2D eigenvalue weighted by Gasteiger charge is -2.30. The molecule has 11 heteroatoms. The standard InChI is InChI=1S/C19H30N6O5/c1-10(2)15(19(29)30)24-17(27)14-5-4-6-25(14)18(28)13(23-16(26)11(3)20)7-12-8-21-9-22-12/h8-11,13-15H,4-7,20H2,1-3H3,(H,21,22)(H,23,26)(H,24,27)(H,29,30). The molecule has 30 heavy (non-hydrogen) atoms. The molecule has 1 aliphatic rings. The van der Waals surface area contributed by atoms with Crippen molar-refractivity contribution in [2.24, 2.45) is 11.7 Å². The molecule has 0 radical (unpaired) electrons. The number of carbonyl (C=O) groups is 4. The van der Waals surface area contributed by atoms with Crippen LogP contribution in [0.3, 0.4) is 0 Å². The number of hydrogen-bond acceptors (Lipinski definition) is 6. The zero-order valence-electron chi connectivity index (χ0n) is 17.4. The molecule has 2 heterocycles. The van der Waals surface area contributed by atoms with Gasteiger partial charge in [0.05, 0.1) is 12.4 Å². The maximum absolute atomic E-state index is 13.2. The summed E-state index contributed by atoms with van der Waals surface area (Å²) in [6.45, 7) is 5.24. The Morgan fingerprint density at radius 3 is 2.53 bits per heavy atom. The first-order valence-corrected chi connectivity index (χ1v) is 9.98. The second-order valence-corrected chi connectivity index (χ2v) is 7.89. The summed E-state index contributed by atoms with van der Waals surface area (Å²) in [5, 5.41) is 14.5. The minimum absolute atomic E-state index is 0.159. The van der Waals surface area contributed by atoms with E-state index in [1.54, 1.807) is 20.0 Å². The fourth-order valence-corrected chi connectivity index (χ4v) is 3.39. The SMILES string of the molecule is CC(N)C(=O)NC(Cc1cnc[nH]1)C(=O)N1CCCC1C(=O)NC(C(=O)O)C(C)C. The van der Waals surface area contributed by atoms with Crippen LogP contribution in [0.4, 0.5) is 0 Å². The number of likely N-dealkylation sites (tertiary alicyclic amines) is 1. The second kappa shape index (κ2) is 10.2. The fourth-order valence-electron chi connectivity index (χ4n) is 3.39. The monoisotopic (exact) mass is 422 g/mol. The lowest BCUT2D eigenvalue weighted by atomic mass is 10.0. The Labute approximate surface area is 174 Å². The van der Waals surface area contributed by atoms with Crippen LogP contribution in [0.1, 0.15) is 39.3 Å². The molecule has 0 aromatic carbocycles. The van der Waals surface area contributed by atoms with Crippen LogP contribution in [0.2, 0.25) is 0 Å². The Hall–Kier alpha value is -2.95. The number of aromatic nitrogens is 2. The molecule has 1 fully saturated rings. The highest BCUT2D eigenvalue weighted by Crippen LogP contribution is 2.20. The topological polar surface area (TPSA) is 171 Å². The minimum Gasteiger partial charge on any atom is -0.480 e. The molecule has 0 spiro atoms. The van der Waals surface area contributed by atoms with Gasteiger partial charge in [0.2, 0.25) is 17.7 Å². The van der Waals surface area contributed by atoms with Gasteiger partial charge in [-0.2, -0.15) is 0 Å². The number of nitrogens with two attached hydrogens (primary N) is 1. The number of aromatic amines is 1. The van der Waals surface area contributed by atoms with Crippen molar-refractivity contribution >= 4 is 23.7 Å². The van der Waals surface area contributed by atoms with Crippen LogP contribution in [-0.2, 0) is 25.6 Å². The average molecular weight is 422 g/mol. The van der Waals surface area contributed by atoms with E-state index >= 15 is 0 Å². The number of amides is 3. The van der Waals surface area contributed by atoms with Gasteiger partial charge in [0, 0.05) is 24.9 Å². The molecule has 1 aromatic heterocycles. The Bertz CT molecular complexity index is 763. The van der Waals surface area contributed by atoms with E-state index in [4.69, 9.17) is 5.73 Å². The third-order valence-electron chi connectivity index (χ3n) is 5.08. The first-order chi connectivity index (χ1) is 14.1. The molecule has 3 amide bonds. The fraction of sp³-hybridized carbons (Fsp3) is 0.632. The van der Waals surface area contributed by atoms with Crippen molar-refractivity contribution in [3.05, 3.63) is 18.2 Å². The molecule has 2 rings (SSSR count). The highest BCUT2D eigenvalue weighted by molar-refractivity contribution is 5.94. The van der Waals surface area contributed by atoms with E-state index in [9.17, 15) is 24.3 Å². The van der Waals surface area contributed by atoms with Crippen LogP contribution >= 0.6 is 0 Å². The molecular weight excluding hydrogens is 392 g/mol. The van der Waals surface area contributed by atoms with E-state index in [0.29, 0.717) is 25.1 Å². The molecule has 6 N–H and O–H groups in total. The molecule has 4 atom stereocenters. The van der Waals surface area contributed by atoms with Crippen LogP contribution in [0, 0.1) is 5.92 Å². The molecule has 0 saturated carbocycles. The number of nitrogens with zero attached hydrogens (tertiary/aromatic N) is 2. The first kappa shape index (κ1) is 23.3. The summed E-state index contributed by atoms with van der Waals surface area (Å²) in [6.07, 6.45) is 4.19. The van der Waals surface area contributed by atoms with E-state index in [1.807, 2.05) is 0 Å². The second-order valence-electron chi connectivity index (χ2n) is 7.89. The first-order valence-electron chi connectivity index (χ1n) is 9.98. The molecule has 1 aromatic rings. The van der Waals surface area contributed by atoms with E-state index in [1.165, 1.54) is 18.2 Å². The minimum atomic E-state index is -1.13. The molecule has 0 bridgehead atoms. The predicted octanol–water partition coefficient (Wildman–Crippen LogP) is -0.999. The van der Waals surface area contributed by atoms with Crippen molar-refractivity contribution in [1.29, 1.82) is 0 Å². The van der Waals surface area contributed by atoms with Crippen molar-refractivity contribution in [2.75, 3.05) is 6.54 Å². The summed E-state index contributed by atoms with van der Waals surface area (Å²) in [7, 11) is 0. The van der Waals surface area contributed by atoms with Gasteiger partial charge in [0.25, 0.3) is 0 Å². The Kier molecular flexibility index (Phi) is 7.93. The number of carbonyl (C=O) groups excluding carboxylic acids is 3. The quantitative estimate of drug-likeness (QED) is 0.340. The average Bonchev–Trinajstić information content (AvgIpc) is 3.35. The zero-order valence-corrected chi connectivity index (χ0v) is 17.4. The Balaban J connectivity index is 2.17. The summed E-state index contributed by atoms with van der Waals surface area (Å²) in [5.41, 5.74) is 6.26. The van der Waals surface area contributed by atoms with E-state index in [2.05, 4.69) is 20.6 Å². The van der Waals surface area contributed by atoms with Crippen molar-refractivity contribution in [2.45, 2.75) is 64.2 Å². The summed E-state index contributed by atoms with van der Waals surface area (Å²) in [5.74, 6) is -2.86. The van der Waals surface area contributed by atoms with Gasteiger partial charge in [0.15, 0.2) is 0 Å². The van der Waals surface area contributed by atoms with Gasteiger partial charge in [0.1, 0.15) is 18.1 Å². The lowest BCUT2D eigenvalue weighted by Crippen LogP contribution is -2.57. The highest BCUT2D eigenvalue weighted by atomic mass is 16.4. The normalized spacial score (nSPS) is 19.2. The third kappa shape index (κ3) is 5.78. The number of imidazole rings is 1. The largest absolute Gasteiger partial charge is 0.480 e. The number of rotatable bonds is 9. The molecule has 4 unspecified atom stereocenters. The summed E-state index contributed by atoms with van der Waals surface area (Å²) in [4.78, 5) is 57.8. The van der Waals surface area contributed by atoms with Crippen LogP contribution < -0.4 is 16.4 Å². The summed E-state index contributed by atoms with van der Waals surface area (Å²) in [6, 6.07) is -3.58. The number of nitrogens with one attached hydrogen (secondary N) is 3. The molecule has 0 aliphatic carbocycles. The van der Waals surface area contributed by atoms with Gasteiger partial charge in [-0.05, 0) is 25.7 Å². The zero-order chi connectivity index (χ0) is 22.4. The number of aliphatic carboxylic acids is 1. The molecular formula is C19H30N6O5. The Morgan fingerprint density at radius 1 is 1.30 bits per heavy atom. The smallest absolute Gasteiger partial charge is 0.326 e. The maximum Gasteiger partial charge on any atom is 0.326 e. The summed E-state index contributed by atoms with van der Waals surface area (Å²) >= 11 is 0. The number of hydrogen-bond donors (Lipinski definition) is 5. The number of carboxylic acid groups (broad SMARTS) is 1. The molecule has 1 aliphatic heterocycles. The predicted molar refractivity (Wildman–Crippen MR) is 107 cm³/mol. The highest BCUT2D eigenvalue weighted by Gasteiger charge is 2.39. The summed E-state index contributed by atoms with van der Waals surface area (Å²) < 4.78 is 0. The van der Waals surface area contributed by atoms with Gasteiger partial charge >= 0.3 is 5.97 Å². The van der Waals surface area contributed by atoms with E-state index in [-0.39, 0.29) is 12.3 Å². The molecule has 1 saturated heterocycles. The van der Waals surface area contributed by atoms with Crippen molar-refractivity contribution in [3.63, 3.8) is 0 Å². The van der Waals surface area contributed by atoms with Gasteiger partial charge in [-0.3, -0.25) is 14.4 Å². The van der Waals surface area contributed by atoms with Gasteiger partial charge in [-0.1, -0.05) is 13.8 Å². The van der Waals surface area contributed by atoms with Gasteiger partial charge in [-0.25, -0.2) is 9.78 Å². The van der Waals surface area contributed by atoms with E-state index in [0.717, 1.165) is 0 Å². The number of carboxylic acids is 1. The third-order valence-corrected chi connectivity index (χ3v) is 5.08. The van der Waals surface area contributed by atoms with Crippen molar-refractivity contribution in [1.82, 2.24) is 25.5 Å². The molecule has 11 nitrogen and oxygen atoms in total. The number of H-pyrrole nitrogens is 1. The van der Waals surface area contributed by atoms with Crippen LogP contribution in [-0.4, -0.2) is 74.4 Å². The van der Waals surface area contributed by atoms with Crippen molar-refractivity contribution < 1.29 is 24.3 Å². The maximum atomic E-state index is 13.2. The van der Waals surface area contributed by atoms with Gasteiger partial charge < -0.3 is 31.4 Å². The van der Waals surface area contributed by atoms with Crippen LogP contribution in [0.25, 0.3) is 0 Å². The van der Waals surface area contributed by atoms with Crippen LogP contribution in [0.15, 0.2) is 12.5 Å². The van der Waals surface area contributed by atoms with E-state index < -0.39 is 47.9 Å². The van der Waals surface area contributed by atoms with Crippen LogP contribution in [0.5, 0.6) is 0 Å². The van der Waals surface area contributed by atoms with Gasteiger partial charge in [-0.15, -0.1) is 0 Å².